The fourth-order valence-corrected chi connectivity index (χ4v) is 2.17. The number of anilines is 1. The Morgan fingerprint density at radius 1 is 1.21 bits per heavy atom. The van der Waals surface area contributed by atoms with Crippen molar-refractivity contribution in [2.24, 2.45) is 0 Å². The molecule has 3 rings (SSSR count). The second kappa shape index (κ2) is 5.03. The Hall–Kier alpha value is -2.47. The van der Waals surface area contributed by atoms with Gasteiger partial charge in [0.25, 0.3) is 5.91 Å². The molecule has 1 N–H and O–H groups in total. The first-order valence-corrected chi connectivity index (χ1v) is 6.44. The van der Waals surface area contributed by atoms with Crippen LogP contribution in [0.25, 0.3) is 11.4 Å². The Morgan fingerprint density at radius 2 is 2.16 bits per heavy atom. The fourth-order valence-electron chi connectivity index (χ4n) is 1.55. The predicted molar refractivity (Wildman–Crippen MR) is 72.0 cm³/mol. The highest BCUT2D eigenvalue weighted by Crippen LogP contribution is 2.20. The molecular formula is C13H9N3O2S. The number of thiophene rings is 1. The Morgan fingerprint density at radius 3 is 2.89 bits per heavy atom. The van der Waals surface area contributed by atoms with Crippen LogP contribution in [0.15, 0.2) is 52.5 Å². The number of carbonyl (C=O) groups excluding carboxylic acids is 1. The van der Waals surface area contributed by atoms with Crippen molar-refractivity contribution < 1.29 is 9.32 Å². The molecule has 0 aliphatic rings. The van der Waals surface area contributed by atoms with E-state index in [1.165, 1.54) is 11.3 Å². The van der Waals surface area contributed by atoms with Gasteiger partial charge in [-0.15, -0.1) is 11.3 Å². The van der Waals surface area contributed by atoms with Crippen LogP contribution in [-0.4, -0.2) is 16.0 Å². The van der Waals surface area contributed by atoms with E-state index in [0.29, 0.717) is 22.1 Å². The zero-order chi connectivity index (χ0) is 13.1. The summed E-state index contributed by atoms with van der Waals surface area (Å²) in [6.45, 7) is 0. The third kappa shape index (κ3) is 2.53. The molecule has 3 aromatic heterocycles. The molecule has 0 aliphatic carbocycles. The average molecular weight is 271 g/mol. The summed E-state index contributed by atoms with van der Waals surface area (Å²) in [6.07, 6.45) is 1.67. The number of hydrogen-bond donors (Lipinski definition) is 1. The first-order valence-electron chi connectivity index (χ1n) is 5.56. The van der Waals surface area contributed by atoms with Gasteiger partial charge in [-0.25, -0.2) is 0 Å². The minimum Gasteiger partial charge on any atom is -0.338 e. The summed E-state index contributed by atoms with van der Waals surface area (Å²) in [4.78, 5) is 16.6. The molecule has 3 heterocycles. The number of nitrogens with one attached hydrogen (secondary N) is 1. The molecule has 0 fully saturated rings. The van der Waals surface area contributed by atoms with Crippen molar-refractivity contribution in [2.45, 2.75) is 0 Å². The van der Waals surface area contributed by atoms with Gasteiger partial charge in [0, 0.05) is 12.3 Å². The van der Waals surface area contributed by atoms with E-state index in [4.69, 9.17) is 4.52 Å². The van der Waals surface area contributed by atoms with Gasteiger partial charge in [-0.2, -0.15) is 0 Å². The predicted octanol–water partition coefficient (Wildman–Crippen LogP) is 3.05. The molecule has 0 saturated heterocycles. The average Bonchev–Trinajstić information content (AvgIpc) is 3.11. The molecule has 6 heteroatoms. The lowest BCUT2D eigenvalue weighted by atomic mass is 10.3. The van der Waals surface area contributed by atoms with Gasteiger partial charge in [-0.3, -0.25) is 15.1 Å². The van der Waals surface area contributed by atoms with Crippen LogP contribution in [0.3, 0.4) is 0 Å². The maximum atomic E-state index is 11.8. The number of aromatic nitrogens is 2. The van der Waals surface area contributed by atoms with Crippen LogP contribution >= 0.6 is 11.3 Å². The monoisotopic (exact) mass is 271 g/mol. The highest BCUT2D eigenvalue weighted by Gasteiger charge is 2.12. The van der Waals surface area contributed by atoms with Gasteiger partial charge in [0.1, 0.15) is 5.69 Å². The van der Waals surface area contributed by atoms with Gasteiger partial charge >= 0.3 is 0 Å². The molecule has 0 saturated carbocycles. The summed E-state index contributed by atoms with van der Waals surface area (Å²) in [5.41, 5.74) is 1.28. The van der Waals surface area contributed by atoms with E-state index in [2.05, 4.69) is 15.5 Å². The normalized spacial score (nSPS) is 10.3. The Bertz CT molecular complexity index is 677. The van der Waals surface area contributed by atoms with E-state index in [-0.39, 0.29) is 5.91 Å². The summed E-state index contributed by atoms with van der Waals surface area (Å²) in [5, 5.41) is 8.36. The van der Waals surface area contributed by atoms with Crippen molar-refractivity contribution in [3.8, 4) is 11.4 Å². The summed E-state index contributed by atoms with van der Waals surface area (Å²) in [6, 6.07) is 10.7. The van der Waals surface area contributed by atoms with Crippen molar-refractivity contribution in [1.82, 2.24) is 10.1 Å². The molecule has 3 aromatic rings. The summed E-state index contributed by atoms with van der Waals surface area (Å²) in [5.74, 6) is 0.0952. The van der Waals surface area contributed by atoms with Crippen LogP contribution in [0, 0.1) is 0 Å². The van der Waals surface area contributed by atoms with Gasteiger partial charge < -0.3 is 4.52 Å². The molecule has 0 unspecified atom stereocenters. The van der Waals surface area contributed by atoms with Gasteiger partial charge in [-0.1, -0.05) is 17.3 Å². The van der Waals surface area contributed by atoms with Gasteiger partial charge in [0.05, 0.1) is 10.6 Å². The summed E-state index contributed by atoms with van der Waals surface area (Å²) >= 11 is 1.37. The third-order valence-corrected chi connectivity index (χ3v) is 3.29. The van der Waals surface area contributed by atoms with Crippen molar-refractivity contribution in [1.29, 1.82) is 0 Å². The zero-order valence-electron chi connectivity index (χ0n) is 9.74. The largest absolute Gasteiger partial charge is 0.338 e. The molecule has 0 aliphatic heterocycles. The lowest BCUT2D eigenvalue weighted by molar-refractivity contribution is 0.102. The number of hydrogen-bond acceptors (Lipinski definition) is 5. The highest BCUT2D eigenvalue weighted by atomic mass is 32.1. The van der Waals surface area contributed by atoms with E-state index in [1.807, 2.05) is 29.6 Å². The van der Waals surface area contributed by atoms with Crippen LogP contribution in [0.5, 0.6) is 0 Å². The van der Waals surface area contributed by atoms with E-state index < -0.39 is 0 Å². The summed E-state index contributed by atoms with van der Waals surface area (Å²) in [7, 11) is 0. The molecule has 0 spiro atoms. The minimum atomic E-state index is -0.210. The Kier molecular flexibility index (Phi) is 3.07. The smallest absolute Gasteiger partial charge is 0.268 e. The van der Waals surface area contributed by atoms with Gasteiger partial charge in [0.2, 0.25) is 5.88 Å². The van der Waals surface area contributed by atoms with Crippen LogP contribution in [0.2, 0.25) is 0 Å². The number of pyridine rings is 1. The van der Waals surface area contributed by atoms with Crippen molar-refractivity contribution >= 4 is 23.1 Å². The van der Waals surface area contributed by atoms with Crippen LogP contribution in [0.1, 0.15) is 9.67 Å². The van der Waals surface area contributed by atoms with Crippen LogP contribution in [-0.2, 0) is 0 Å². The topological polar surface area (TPSA) is 68.0 Å². The van der Waals surface area contributed by atoms with E-state index in [1.54, 1.807) is 18.3 Å². The first kappa shape index (κ1) is 11.6. The second-order valence-corrected chi connectivity index (χ2v) is 4.67. The molecule has 94 valence electrons. The van der Waals surface area contributed by atoms with E-state index in [9.17, 15) is 4.79 Å². The van der Waals surface area contributed by atoms with Crippen LogP contribution < -0.4 is 5.32 Å². The molecular weight excluding hydrogens is 262 g/mol. The van der Waals surface area contributed by atoms with Crippen molar-refractivity contribution in [2.75, 3.05) is 5.32 Å². The van der Waals surface area contributed by atoms with Crippen LogP contribution in [0.4, 0.5) is 5.88 Å². The number of amides is 1. The van der Waals surface area contributed by atoms with E-state index >= 15 is 0 Å². The first-order chi connectivity index (χ1) is 9.33. The fraction of sp³-hybridized carbons (Fsp3) is 0. The number of nitrogens with zero attached hydrogens (tertiary/aromatic N) is 2. The quantitative estimate of drug-likeness (QED) is 0.795. The molecule has 5 nitrogen and oxygen atoms in total. The SMILES string of the molecule is O=C(Nc1cc(-c2ccccn2)no1)c1cccs1. The lowest BCUT2D eigenvalue weighted by Gasteiger charge is -1.96. The zero-order valence-corrected chi connectivity index (χ0v) is 10.6. The Balaban J connectivity index is 1.77. The summed E-state index contributed by atoms with van der Waals surface area (Å²) < 4.78 is 5.07. The number of carbonyl (C=O) groups is 1. The molecule has 0 radical (unpaired) electrons. The maximum absolute atomic E-state index is 11.8. The van der Waals surface area contributed by atoms with Gasteiger partial charge in [0.15, 0.2) is 0 Å². The lowest BCUT2D eigenvalue weighted by Crippen LogP contribution is -2.09. The molecule has 1 amide bonds. The second-order valence-electron chi connectivity index (χ2n) is 3.72. The third-order valence-electron chi connectivity index (χ3n) is 2.42. The maximum Gasteiger partial charge on any atom is 0.268 e. The van der Waals surface area contributed by atoms with Crippen molar-refractivity contribution in [3.63, 3.8) is 0 Å². The molecule has 19 heavy (non-hydrogen) atoms. The molecule has 0 aromatic carbocycles. The minimum absolute atomic E-state index is 0.210. The molecule has 0 bridgehead atoms. The number of rotatable bonds is 3. The van der Waals surface area contributed by atoms with Crippen molar-refractivity contribution in [3.05, 3.63) is 52.9 Å². The Labute approximate surface area is 112 Å². The van der Waals surface area contributed by atoms with Gasteiger partial charge in [-0.05, 0) is 23.6 Å². The molecule has 0 atom stereocenters. The van der Waals surface area contributed by atoms with E-state index in [0.717, 1.165) is 0 Å². The highest BCUT2D eigenvalue weighted by molar-refractivity contribution is 7.12. The standard InChI is InChI=1S/C13H9N3O2S/c17-13(11-5-3-7-19-11)15-12-8-10(16-18-12)9-4-1-2-6-14-9/h1-8H,(H,15,17).